The first kappa shape index (κ1) is 14.1. The fraction of sp³-hybridized carbons (Fsp3) is 0.714. The lowest BCUT2D eigenvalue weighted by atomic mass is 9.90. The quantitative estimate of drug-likeness (QED) is 0.860. The van der Waals surface area contributed by atoms with Crippen LogP contribution in [0.4, 0.5) is 5.82 Å². The normalized spacial score (nSPS) is 18.6. The lowest BCUT2D eigenvalue weighted by molar-refractivity contribution is 0.314. The number of hydrogen-bond acceptors (Lipinski definition) is 4. The van der Waals surface area contributed by atoms with E-state index >= 15 is 0 Å². The largest absolute Gasteiger partial charge is 0.356 e. The first-order valence-electron chi connectivity index (χ1n) is 7.16. The summed E-state index contributed by atoms with van der Waals surface area (Å²) in [5, 5.41) is 3.50. The van der Waals surface area contributed by atoms with Gasteiger partial charge < -0.3 is 15.2 Å². The zero-order valence-corrected chi connectivity index (χ0v) is 12.1. The molecule has 2 N–H and O–H groups in total. The fourth-order valence-corrected chi connectivity index (χ4v) is 2.84. The maximum absolute atomic E-state index is 11.5. The maximum atomic E-state index is 11.5. The van der Waals surface area contributed by atoms with Gasteiger partial charge in [0, 0.05) is 25.2 Å². The van der Waals surface area contributed by atoms with Gasteiger partial charge in [-0.05, 0) is 39.2 Å². The standard InChI is InChI=1S/C14H24N4O/c1-4-15-10(2)12-5-7-18(8-6-12)13-9-14(19)17-11(3)16-13/h9-10,12,15H,4-8H2,1-3H3,(H,16,17,19). The molecule has 0 aliphatic carbocycles. The van der Waals surface area contributed by atoms with Crippen molar-refractivity contribution in [2.24, 2.45) is 5.92 Å². The van der Waals surface area contributed by atoms with Crippen LogP contribution in [0.15, 0.2) is 10.9 Å². The van der Waals surface area contributed by atoms with Crippen molar-refractivity contribution in [3.8, 4) is 0 Å². The van der Waals surface area contributed by atoms with E-state index in [9.17, 15) is 4.79 Å². The number of nitrogens with one attached hydrogen (secondary N) is 2. The van der Waals surface area contributed by atoms with Crippen molar-refractivity contribution in [3.63, 3.8) is 0 Å². The summed E-state index contributed by atoms with van der Waals surface area (Å²) in [7, 11) is 0. The highest BCUT2D eigenvalue weighted by molar-refractivity contribution is 5.37. The van der Waals surface area contributed by atoms with Crippen LogP contribution in [-0.4, -0.2) is 35.6 Å². The van der Waals surface area contributed by atoms with Gasteiger partial charge in [0.05, 0.1) is 0 Å². The van der Waals surface area contributed by atoms with Crippen LogP contribution in [0.3, 0.4) is 0 Å². The summed E-state index contributed by atoms with van der Waals surface area (Å²) in [5.41, 5.74) is -0.0642. The highest BCUT2D eigenvalue weighted by Gasteiger charge is 2.24. The minimum Gasteiger partial charge on any atom is -0.356 e. The molecule has 1 fully saturated rings. The van der Waals surface area contributed by atoms with Crippen LogP contribution in [0.25, 0.3) is 0 Å². The van der Waals surface area contributed by atoms with Gasteiger partial charge in [-0.1, -0.05) is 6.92 Å². The summed E-state index contributed by atoms with van der Waals surface area (Å²) in [6, 6.07) is 2.17. The molecule has 1 aliphatic rings. The van der Waals surface area contributed by atoms with Crippen molar-refractivity contribution in [3.05, 3.63) is 22.2 Å². The van der Waals surface area contributed by atoms with Gasteiger partial charge in [-0.15, -0.1) is 0 Å². The lowest BCUT2D eigenvalue weighted by Gasteiger charge is -2.35. The maximum Gasteiger partial charge on any atom is 0.252 e. The predicted octanol–water partition coefficient (Wildman–Crippen LogP) is 1.29. The zero-order valence-electron chi connectivity index (χ0n) is 12.1. The number of aromatic amines is 1. The third-order valence-corrected chi connectivity index (χ3v) is 3.94. The van der Waals surface area contributed by atoms with Crippen molar-refractivity contribution in [1.82, 2.24) is 15.3 Å². The zero-order chi connectivity index (χ0) is 13.8. The van der Waals surface area contributed by atoms with Gasteiger partial charge in [0.1, 0.15) is 11.6 Å². The summed E-state index contributed by atoms with van der Waals surface area (Å²) in [4.78, 5) is 20.8. The highest BCUT2D eigenvalue weighted by atomic mass is 16.1. The monoisotopic (exact) mass is 264 g/mol. The molecule has 5 heteroatoms. The van der Waals surface area contributed by atoms with Crippen LogP contribution in [0.5, 0.6) is 0 Å². The Morgan fingerprint density at radius 2 is 2.21 bits per heavy atom. The van der Waals surface area contributed by atoms with Crippen LogP contribution in [0.1, 0.15) is 32.5 Å². The number of piperidine rings is 1. The van der Waals surface area contributed by atoms with Crippen LogP contribution in [0, 0.1) is 12.8 Å². The number of rotatable bonds is 4. The van der Waals surface area contributed by atoms with E-state index in [1.165, 1.54) is 0 Å². The molecule has 0 spiro atoms. The molecule has 1 saturated heterocycles. The molecule has 106 valence electrons. The Balaban J connectivity index is 1.98. The molecule has 2 rings (SSSR count). The first-order valence-corrected chi connectivity index (χ1v) is 7.16. The molecule has 1 aromatic heterocycles. The van der Waals surface area contributed by atoms with Crippen molar-refractivity contribution in [1.29, 1.82) is 0 Å². The lowest BCUT2D eigenvalue weighted by Crippen LogP contribution is -2.42. The van der Waals surface area contributed by atoms with E-state index in [1.807, 2.05) is 6.92 Å². The van der Waals surface area contributed by atoms with Gasteiger partial charge in [-0.25, -0.2) is 4.98 Å². The van der Waals surface area contributed by atoms with Gasteiger partial charge in [0.15, 0.2) is 0 Å². The Hall–Kier alpha value is -1.36. The van der Waals surface area contributed by atoms with E-state index in [-0.39, 0.29) is 5.56 Å². The minimum absolute atomic E-state index is 0.0642. The first-order chi connectivity index (χ1) is 9.10. The van der Waals surface area contributed by atoms with Crippen molar-refractivity contribution >= 4 is 5.82 Å². The Kier molecular flexibility index (Phi) is 4.58. The molecular weight excluding hydrogens is 240 g/mol. The van der Waals surface area contributed by atoms with E-state index in [4.69, 9.17) is 0 Å². The summed E-state index contributed by atoms with van der Waals surface area (Å²) in [6.07, 6.45) is 2.31. The van der Waals surface area contributed by atoms with Crippen LogP contribution in [-0.2, 0) is 0 Å². The second kappa shape index (κ2) is 6.19. The molecule has 5 nitrogen and oxygen atoms in total. The molecule has 1 aromatic rings. The predicted molar refractivity (Wildman–Crippen MR) is 77.7 cm³/mol. The van der Waals surface area contributed by atoms with E-state index in [1.54, 1.807) is 6.07 Å². The summed E-state index contributed by atoms with van der Waals surface area (Å²) in [5.74, 6) is 2.22. The van der Waals surface area contributed by atoms with E-state index in [0.717, 1.165) is 44.2 Å². The van der Waals surface area contributed by atoms with Gasteiger partial charge in [0.2, 0.25) is 0 Å². The van der Waals surface area contributed by atoms with Crippen molar-refractivity contribution < 1.29 is 0 Å². The number of H-pyrrole nitrogens is 1. The number of aryl methyl sites for hydroxylation is 1. The van der Waals surface area contributed by atoms with E-state index in [2.05, 4.69) is 34.0 Å². The average Bonchev–Trinajstić information content (AvgIpc) is 2.38. The fourth-order valence-electron chi connectivity index (χ4n) is 2.84. The van der Waals surface area contributed by atoms with Gasteiger partial charge in [0.25, 0.3) is 5.56 Å². The molecule has 19 heavy (non-hydrogen) atoms. The number of anilines is 1. The molecule has 1 atom stereocenters. The summed E-state index contributed by atoms with van der Waals surface area (Å²) in [6.45, 7) is 9.22. The van der Waals surface area contributed by atoms with Gasteiger partial charge in [-0.2, -0.15) is 0 Å². The molecule has 0 amide bonds. The number of aromatic nitrogens is 2. The van der Waals surface area contributed by atoms with Crippen LogP contribution >= 0.6 is 0 Å². The molecule has 0 aromatic carbocycles. The number of nitrogens with zero attached hydrogens (tertiary/aromatic N) is 2. The highest BCUT2D eigenvalue weighted by Crippen LogP contribution is 2.23. The minimum atomic E-state index is -0.0642. The van der Waals surface area contributed by atoms with E-state index in [0.29, 0.717) is 11.9 Å². The molecular formula is C14H24N4O. The van der Waals surface area contributed by atoms with Crippen molar-refractivity contribution in [2.45, 2.75) is 39.7 Å². The molecule has 2 heterocycles. The van der Waals surface area contributed by atoms with Crippen LogP contribution < -0.4 is 15.8 Å². The number of hydrogen-bond donors (Lipinski definition) is 2. The van der Waals surface area contributed by atoms with Gasteiger partial charge >= 0.3 is 0 Å². The van der Waals surface area contributed by atoms with Crippen molar-refractivity contribution in [2.75, 3.05) is 24.5 Å². The topological polar surface area (TPSA) is 61.0 Å². The molecule has 1 unspecified atom stereocenters. The summed E-state index contributed by atoms with van der Waals surface area (Å²) < 4.78 is 0. The van der Waals surface area contributed by atoms with E-state index < -0.39 is 0 Å². The SMILES string of the molecule is CCNC(C)C1CCN(c2cc(=O)[nH]c(C)n2)CC1. The molecule has 1 aliphatic heterocycles. The van der Waals surface area contributed by atoms with Crippen LogP contribution in [0.2, 0.25) is 0 Å². The third kappa shape index (κ3) is 3.56. The second-order valence-electron chi connectivity index (χ2n) is 5.36. The Bertz CT molecular complexity index is 463. The average molecular weight is 264 g/mol. The Morgan fingerprint density at radius 1 is 1.53 bits per heavy atom. The molecule has 0 radical (unpaired) electrons. The Labute approximate surface area is 114 Å². The molecule has 0 bridgehead atoms. The third-order valence-electron chi connectivity index (χ3n) is 3.94. The second-order valence-corrected chi connectivity index (χ2v) is 5.36. The summed E-state index contributed by atoms with van der Waals surface area (Å²) >= 11 is 0. The smallest absolute Gasteiger partial charge is 0.252 e. The molecule has 0 saturated carbocycles. The van der Waals surface area contributed by atoms with Gasteiger partial charge in [-0.3, -0.25) is 4.79 Å². The Morgan fingerprint density at radius 3 is 2.79 bits per heavy atom.